The number of nitrogens with zero attached hydrogens (tertiary/aromatic N) is 3. The molecule has 3 heteroatoms. The standard InChI is InChI=1S/C9H14N3/c1-7(12(3)4)9-5-10-8(2)11-6-9/h5-7H,1H2,2-4H3. The van der Waals surface area contributed by atoms with Gasteiger partial charge in [-0.05, 0) is 27.9 Å². The molecule has 0 aliphatic heterocycles. The average molecular weight is 164 g/mol. The minimum absolute atomic E-state index is 0.130. The van der Waals surface area contributed by atoms with Crippen molar-refractivity contribution in [1.29, 1.82) is 0 Å². The largest absolute Gasteiger partial charge is 0.302 e. The van der Waals surface area contributed by atoms with Crippen LogP contribution in [0.2, 0.25) is 0 Å². The van der Waals surface area contributed by atoms with E-state index in [0.29, 0.717) is 0 Å². The summed E-state index contributed by atoms with van der Waals surface area (Å²) >= 11 is 0. The van der Waals surface area contributed by atoms with Gasteiger partial charge in [-0.2, -0.15) is 0 Å². The fourth-order valence-electron chi connectivity index (χ4n) is 0.873. The average Bonchev–Trinajstić information content (AvgIpc) is 2.04. The molecule has 1 radical (unpaired) electrons. The zero-order chi connectivity index (χ0) is 9.14. The van der Waals surface area contributed by atoms with Crippen molar-refractivity contribution in [2.75, 3.05) is 14.1 Å². The molecule has 0 fully saturated rings. The smallest absolute Gasteiger partial charge is 0.125 e. The molecule has 0 amide bonds. The summed E-state index contributed by atoms with van der Waals surface area (Å²) in [5.41, 5.74) is 1.05. The highest BCUT2D eigenvalue weighted by molar-refractivity contribution is 5.11. The van der Waals surface area contributed by atoms with Gasteiger partial charge >= 0.3 is 0 Å². The van der Waals surface area contributed by atoms with Gasteiger partial charge in [-0.25, -0.2) is 9.97 Å². The van der Waals surface area contributed by atoms with E-state index >= 15 is 0 Å². The van der Waals surface area contributed by atoms with Crippen molar-refractivity contribution in [2.24, 2.45) is 0 Å². The van der Waals surface area contributed by atoms with Crippen LogP contribution < -0.4 is 0 Å². The summed E-state index contributed by atoms with van der Waals surface area (Å²) in [7, 11) is 3.97. The van der Waals surface area contributed by atoms with Crippen LogP contribution in [0.25, 0.3) is 0 Å². The van der Waals surface area contributed by atoms with Crippen LogP contribution >= 0.6 is 0 Å². The molecule has 0 aromatic carbocycles. The number of hydrogen-bond donors (Lipinski definition) is 0. The van der Waals surface area contributed by atoms with Crippen molar-refractivity contribution < 1.29 is 0 Å². The minimum atomic E-state index is 0.130. The summed E-state index contributed by atoms with van der Waals surface area (Å²) < 4.78 is 0. The molecule has 65 valence electrons. The zero-order valence-electron chi connectivity index (χ0n) is 7.78. The van der Waals surface area contributed by atoms with Crippen molar-refractivity contribution in [1.82, 2.24) is 14.9 Å². The molecule has 1 aromatic heterocycles. The minimum Gasteiger partial charge on any atom is -0.302 e. The van der Waals surface area contributed by atoms with Crippen LogP contribution in [0.1, 0.15) is 17.4 Å². The van der Waals surface area contributed by atoms with Gasteiger partial charge in [-0.1, -0.05) is 0 Å². The Morgan fingerprint density at radius 1 is 1.33 bits per heavy atom. The molecule has 0 N–H and O–H groups in total. The zero-order valence-corrected chi connectivity index (χ0v) is 7.78. The van der Waals surface area contributed by atoms with Crippen LogP contribution in [0.5, 0.6) is 0 Å². The van der Waals surface area contributed by atoms with Gasteiger partial charge in [0.25, 0.3) is 0 Å². The highest BCUT2D eigenvalue weighted by Crippen LogP contribution is 2.13. The molecular weight excluding hydrogens is 150 g/mol. The number of aromatic nitrogens is 2. The van der Waals surface area contributed by atoms with Gasteiger partial charge in [0.15, 0.2) is 0 Å². The Bertz CT molecular complexity index is 240. The van der Waals surface area contributed by atoms with Gasteiger partial charge in [-0.3, -0.25) is 0 Å². The summed E-state index contributed by atoms with van der Waals surface area (Å²) in [5.74, 6) is 0.796. The maximum atomic E-state index is 4.10. The lowest BCUT2D eigenvalue weighted by atomic mass is 10.2. The predicted molar refractivity (Wildman–Crippen MR) is 48.6 cm³/mol. The third kappa shape index (κ3) is 2.01. The molecule has 1 unspecified atom stereocenters. The second kappa shape index (κ2) is 3.63. The first-order valence-electron chi connectivity index (χ1n) is 3.89. The van der Waals surface area contributed by atoms with E-state index < -0.39 is 0 Å². The summed E-state index contributed by atoms with van der Waals surface area (Å²) in [6, 6.07) is 0.130. The van der Waals surface area contributed by atoms with E-state index in [0.717, 1.165) is 11.4 Å². The molecule has 3 nitrogen and oxygen atoms in total. The molecule has 1 atom stereocenters. The fourth-order valence-corrected chi connectivity index (χ4v) is 0.873. The van der Waals surface area contributed by atoms with Gasteiger partial charge in [0.05, 0.1) is 0 Å². The van der Waals surface area contributed by atoms with Crippen molar-refractivity contribution in [3.63, 3.8) is 0 Å². The number of hydrogen-bond acceptors (Lipinski definition) is 3. The van der Waals surface area contributed by atoms with E-state index in [1.165, 1.54) is 0 Å². The van der Waals surface area contributed by atoms with Crippen LogP contribution in [0.15, 0.2) is 12.4 Å². The van der Waals surface area contributed by atoms with E-state index in [1.807, 2.05) is 38.3 Å². The molecule has 0 saturated heterocycles. The van der Waals surface area contributed by atoms with Gasteiger partial charge in [0.1, 0.15) is 5.82 Å². The first-order valence-corrected chi connectivity index (χ1v) is 3.89. The van der Waals surface area contributed by atoms with Crippen LogP contribution in [0.3, 0.4) is 0 Å². The SMILES string of the molecule is [CH2]C(c1cnc(C)nc1)N(C)C. The van der Waals surface area contributed by atoms with Crippen LogP contribution in [-0.2, 0) is 0 Å². The Morgan fingerprint density at radius 3 is 2.25 bits per heavy atom. The number of aryl methyl sites for hydroxylation is 1. The lowest BCUT2D eigenvalue weighted by molar-refractivity contribution is 0.347. The van der Waals surface area contributed by atoms with E-state index in [2.05, 4.69) is 16.9 Å². The third-order valence-electron chi connectivity index (χ3n) is 1.81. The lowest BCUT2D eigenvalue weighted by Crippen LogP contribution is -2.17. The Labute approximate surface area is 73.5 Å². The second-order valence-electron chi connectivity index (χ2n) is 3.04. The molecular formula is C9H14N3. The molecule has 0 spiro atoms. The molecule has 0 aliphatic rings. The lowest BCUT2D eigenvalue weighted by Gasteiger charge is -2.18. The maximum absolute atomic E-state index is 4.10. The first-order chi connectivity index (χ1) is 5.61. The Hall–Kier alpha value is -0.960. The third-order valence-corrected chi connectivity index (χ3v) is 1.81. The van der Waals surface area contributed by atoms with Gasteiger partial charge in [-0.15, -0.1) is 0 Å². The topological polar surface area (TPSA) is 29.0 Å². The monoisotopic (exact) mass is 164 g/mol. The summed E-state index contributed by atoms with van der Waals surface area (Å²) in [4.78, 5) is 10.2. The van der Waals surface area contributed by atoms with E-state index in [9.17, 15) is 0 Å². The Morgan fingerprint density at radius 2 is 1.83 bits per heavy atom. The van der Waals surface area contributed by atoms with Crippen LogP contribution in [0, 0.1) is 13.8 Å². The Balaban J connectivity index is 2.82. The molecule has 0 aliphatic carbocycles. The van der Waals surface area contributed by atoms with Crippen LogP contribution in [-0.4, -0.2) is 29.0 Å². The maximum Gasteiger partial charge on any atom is 0.125 e. The van der Waals surface area contributed by atoms with Gasteiger partial charge in [0.2, 0.25) is 0 Å². The fraction of sp³-hybridized carbons (Fsp3) is 0.444. The molecule has 1 heterocycles. The van der Waals surface area contributed by atoms with Gasteiger partial charge in [0, 0.05) is 24.0 Å². The van der Waals surface area contributed by atoms with E-state index in [4.69, 9.17) is 0 Å². The van der Waals surface area contributed by atoms with Crippen LogP contribution in [0.4, 0.5) is 0 Å². The predicted octanol–water partition coefficient (Wildman–Crippen LogP) is 1.22. The molecule has 0 saturated carbocycles. The molecule has 1 aromatic rings. The first kappa shape index (κ1) is 9.13. The van der Waals surface area contributed by atoms with Crippen molar-refractivity contribution >= 4 is 0 Å². The molecule has 1 rings (SSSR count). The number of rotatable bonds is 2. The summed E-state index contributed by atoms with van der Waals surface area (Å²) in [6.45, 7) is 5.86. The van der Waals surface area contributed by atoms with Crippen molar-refractivity contribution in [2.45, 2.75) is 13.0 Å². The summed E-state index contributed by atoms with van der Waals surface area (Å²) in [5, 5.41) is 0. The molecule has 12 heavy (non-hydrogen) atoms. The highest BCUT2D eigenvalue weighted by Gasteiger charge is 2.07. The summed E-state index contributed by atoms with van der Waals surface area (Å²) in [6.07, 6.45) is 3.64. The van der Waals surface area contributed by atoms with E-state index in [1.54, 1.807) is 0 Å². The quantitative estimate of drug-likeness (QED) is 0.658. The van der Waals surface area contributed by atoms with Crippen molar-refractivity contribution in [3.05, 3.63) is 30.7 Å². The van der Waals surface area contributed by atoms with Crippen molar-refractivity contribution in [3.8, 4) is 0 Å². The second-order valence-corrected chi connectivity index (χ2v) is 3.04. The molecule has 0 bridgehead atoms. The van der Waals surface area contributed by atoms with E-state index in [-0.39, 0.29) is 6.04 Å². The Kier molecular flexibility index (Phi) is 2.76. The van der Waals surface area contributed by atoms with Gasteiger partial charge < -0.3 is 4.90 Å². The highest BCUT2D eigenvalue weighted by atomic mass is 15.1. The normalized spacial score (nSPS) is 13.4.